The van der Waals surface area contributed by atoms with Gasteiger partial charge in [-0.15, -0.1) is 0 Å². The Labute approximate surface area is 203 Å². The van der Waals surface area contributed by atoms with Gasteiger partial charge in [-0.3, -0.25) is 4.79 Å². The number of phenols is 1. The molecule has 0 saturated carbocycles. The minimum atomic E-state index is -2.41. The van der Waals surface area contributed by atoms with Crippen molar-refractivity contribution in [1.29, 1.82) is 0 Å². The fourth-order valence-corrected chi connectivity index (χ4v) is 5.18. The summed E-state index contributed by atoms with van der Waals surface area (Å²) in [6.07, 6.45) is 6.30. The number of phenolic OH excluding ortho intramolecular Hbond substituents is 1. The van der Waals surface area contributed by atoms with E-state index < -0.39 is 26.7 Å². The molecular formula is C26H36N2O5Si. The average Bonchev–Trinajstić information content (AvgIpc) is 3.13. The van der Waals surface area contributed by atoms with Gasteiger partial charge in [-0.25, -0.2) is 9.69 Å². The lowest BCUT2D eigenvalue weighted by molar-refractivity contribution is 0.0589. The lowest BCUT2D eigenvalue weighted by Crippen LogP contribution is -2.57. The van der Waals surface area contributed by atoms with Crippen molar-refractivity contribution >= 4 is 26.0 Å². The van der Waals surface area contributed by atoms with Crippen LogP contribution < -0.4 is 4.90 Å². The zero-order valence-electron chi connectivity index (χ0n) is 21.2. The van der Waals surface area contributed by atoms with Gasteiger partial charge in [0.2, 0.25) is 0 Å². The Hall–Kier alpha value is -2.84. The summed E-state index contributed by atoms with van der Waals surface area (Å²) < 4.78 is 12.3. The van der Waals surface area contributed by atoms with E-state index in [9.17, 15) is 14.7 Å². The number of allylic oxidation sites excluding steroid dienone is 2. The average molecular weight is 485 g/mol. The van der Waals surface area contributed by atoms with Crippen LogP contribution >= 0.6 is 0 Å². The van der Waals surface area contributed by atoms with Crippen molar-refractivity contribution in [2.45, 2.75) is 71.4 Å². The van der Waals surface area contributed by atoms with Gasteiger partial charge in [-0.05, 0) is 55.6 Å². The second kappa shape index (κ2) is 9.42. The molecule has 2 heterocycles. The van der Waals surface area contributed by atoms with E-state index in [0.29, 0.717) is 17.5 Å². The van der Waals surface area contributed by atoms with Crippen LogP contribution in [0.5, 0.6) is 5.75 Å². The van der Waals surface area contributed by atoms with Crippen LogP contribution in [-0.2, 0) is 9.16 Å². The number of benzene rings is 1. The molecule has 0 saturated heterocycles. The van der Waals surface area contributed by atoms with Crippen LogP contribution in [0.25, 0.3) is 0 Å². The molecule has 0 radical (unpaired) electrons. The standard InChI is InChI=1S/C26H36N2O5Si/c1-9-11-18-14-21-24(33-34(7,8)26(4,5)6)28(25(31)32-12-10-2)20-15-22(29)17(3)13-19(20)23(30)27(21)16-18/h9-11,13,15-16,21,24,29H,2,12,14H2,1,3-8H3/b11-9+/t21-,24-/m0/s1. The molecule has 1 N–H and O–H groups in total. The summed E-state index contributed by atoms with van der Waals surface area (Å²) in [5.41, 5.74) is 2.11. The van der Waals surface area contributed by atoms with Crippen molar-refractivity contribution in [3.8, 4) is 5.75 Å². The molecule has 2 amide bonds. The molecule has 3 rings (SSSR count). The van der Waals surface area contributed by atoms with Gasteiger partial charge in [-0.2, -0.15) is 0 Å². The maximum atomic E-state index is 13.8. The molecule has 0 fully saturated rings. The number of carbonyl (C=O) groups is 2. The number of aromatic hydroxyl groups is 1. The third kappa shape index (κ3) is 4.70. The molecule has 0 aliphatic carbocycles. The van der Waals surface area contributed by atoms with E-state index in [1.807, 2.05) is 25.3 Å². The van der Waals surface area contributed by atoms with Gasteiger partial charge in [-0.1, -0.05) is 45.6 Å². The number of nitrogens with zero attached hydrogens (tertiary/aromatic N) is 2. The third-order valence-electron chi connectivity index (χ3n) is 6.85. The highest BCUT2D eigenvalue weighted by atomic mass is 28.4. The van der Waals surface area contributed by atoms with Crippen LogP contribution in [0.1, 0.15) is 50.0 Å². The molecule has 1 aromatic rings. The smallest absolute Gasteiger partial charge is 0.416 e. The molecule has 2 atom stereocenters. The van der Waals surface area contributed by atoms with Crippen LogP contribution in [-0.4, -0.2) is 49.2 Å². The summed E-state index contributed by atoms with van der Waals surface area (Å²) in [5, 5.41) is 10.4. The zero-order chi connectivity index (χ0) is 25.4. The maximum absolute atomic E-state index is 13.8. The second-order valence-corrected chi connectivity index (χ2v) is 15.1. The van der Waals surface area contributed by atoms with E-state index in [1.54, 1.807) is 17.9 Å². The summed E-state index contributed by atoms with van der Waals surface area (Å²) in [6.45, 7) is 17.9. The quantitative estimate of drug-likeness (QED) is 0.418. The van der Waals surface area contributed by atoms with Gasteiger partial charge in [0.1, 0.15) is 12.4 Å². The number of carbonyl (C=O) groups excluding carboxylic acids is 2. The largest absolute Gasteiger partial charge is 0.508 e. The molecule has 184 valence electrons. The van der Waals surface area contributed by atoms with Crippen molar-refractivity contribution < 1.29 is 23.9 Å². The summed E-state index contributed by atoms with van der Waals surface area (Å²) in [6, 6.07) is 2.63. The highest BCUT2D eigenvalue weighted by molar-refractivity contribution is 6.74. The Morgan fingerprint density at radius 3 is 2.59 bits per heavy atom. The normalized spacial score (nSPS) is 20.7. The van der Waals surface area contributed by atoms with Gasteiger partial charge in [0.25, 0.3) is 5.91 Å². The molecule has 2 aliphatic rings. The van der Waals surface area contributed by atoms with Crippen molar-refractivity contribution in [2.24, 2.45) is 0 Å². The Morgan fingerprint density at radius 1 is 1.32 bits per heavy atom. The molecule has 0 bridgehead atoms. The van der Waals surface area contributed by atoms with Gasteiger partial charge < -0.3 is 19.2 Å². The number of ether oxygens (including phenoxy) is 1. The van der Waals surface area contributed by atoms with Gasteiger partial charge in [0.05, 0.1) is 17.3 Å². The molecule has 0 aromatic heterocycles. The molecule has 1 aromatic carbocycles. The predicted molar refractivity (Wildman–Crippen MR) is 136 cm³/mol. The van der Waals surface area contributed by atoms with E-state index in [-0.39, 0.29) is 29.0 Å². The monoisotopic (exact) mass is 484 g/mol. The van der Waals surface area contributed by atoms with E-state index in [1.165, 1.54) is 17.0 Å². The van der Waals surface area contributed by atoms with Crippen LogP contribution in [0.15, 0.2) is 48.7 Å². The molecule has 7 nitrogen and oxygen atoms in total. The van der Waals surface area contributed by atoms with Crippen LogP contribution in [0.4, 0.5) is 10.5 Å². The number of anilines is 1. The van der Waals surface area contributed by atoms with E-state index in [0.717, 1.165) is 5.57 Å². The van der Waals surface area contributed by atoms with Crippen molar-refractivity contribution in [3.63, 3.8) is 0 Å². The van der Waals surface area contributed by atoms with Crippen LogP contribution in [0.3, 0.4) is 0 Å². The Balaban J connectivity index is 2.26. The lowest BCUT2D eigenvalue weighted by Gasteiger charge is -2.44. The summed E-state index contributed by atoms with van der Waals surface area (Å²) >= 11 is 0. The topological polar surface area (TPSA) is 79.3 Å². The summed E-state index contributed by atoms with van der Waals surface area (Å²) in [5.74, 6) is -0.253. The third-order valence-corrected chi connectivity index (χ3v) is 11.3. The number of fused-ring (bicyclic) bond motifs is 2. The number of aryl methyl sites for hydroxylation is 1. The van der Waals surface area contributed by atoms with Crippen LogP contribution in [0.2, 0.25) is 18.1 Å². The predicted octanol–water partition coefficient (Wildman–Crippen LogP) is 5.87. The van der Waals surface area contributed by atoms with Gasteiger partial charge >= 0.3 is 6.09 Å². The molecule has 34 heavy (non-hydrogen) atoms. The highest BCUT2D eigenvalue weighted by Crippen LogP contribution is 2.44. The first-order valence-electron chi connectivity index (χ1n) is 11.6. The first-order chi connectivity index (χ1) is 15.8. The molecular weight excluding hydrogens is 448 g/mol. The molecule has 8 heteroatoms. The lowest BCUT2D eigenvalue weighted by atomic mass is 10.1. The van der Waals surface area contributed by atoms with E-state index in [2.05, 4.69) is 40.4 Å². The Morgan fingerprint density at radius 2 is 2.00 bits per heavy atom. The zero-order valence-corrected chi connectivity index (χ0v) is 22.2. The Bertz CT molecular complexity index is 1050. The van der Waals surface area contributed by atoms with Gasteiger partial charge in [0.15, 0.2) is 14.5 Å². The van der Waals surface area contributed by atoms with Crippen molar-refractivity contribution in [1.82, 2.24) is 4.90 Å². The number of amides is 2. The minimum absolute atomic E-state index is 0.00801. The van der Waals surface area contributed by atoms with Crippen LogP contribution in [0, 0.1) is 6.92 Å². The SMILES string of the molecule is C=CCOC(=O)N1c2cc(O)c(C)cc2C(=O)N2C=C(/C=C/C)C[C@H]2[C@@H]1O[Si](C)(C)C(C)(C)C. The van der Waals surface area contributed by atoms with Gasteiger partial charge in [0, 0.05) is 12.3 Å². The van der Waals surface area contributed by atoms with E-state index in [4.69, 9.17) is 9.16 Å². The number of rotatable bonds is 5. The fourth-order valence-electron chi connectivity index (χ4n) is 3.96. The van der Waals surface area contributed by atoms with Crippen molar-refractivity contribution in [3.05, 3.63) is 59.8 Å². The first-order valence-corrected chi connectivity index (χ1v) is 14.5. The summed E-state index contributed by atoms with van der Waals surface area (Å²) in [7, 11) is -2.41. The second-order valence-electron chi connectivity index (χ2n) is 10.3. The molecule has 0 unspecified atom stereocenters. The minimum Gasteiger partial charge on any atom is -0.508 e. The first kappa shape index (κ1) is 25.8. The molecule has 2 aliphatic heterocycles. The fraction of sp³-hybridized carbons (Fsp3) is 0.462. The maximum Gasteiger partial charge on any atom is 0.416 e. The summed E-state index contributed by atoms with van der Waals surface area (Å²) in [4.78, 5) is 30.3. The number of hydrogen-bond acceptors (Lipinski definition) is 5. The molecule has 0 spiro atoms. The number of hydrogen-bond donors (Lipinski definition) is 1. The Kier molecular flexibility index (Phi) is 7.14. The van der Waals surface area contributed by atoms with E-state index >= 15 is 0 Å². The highest BCUT2D eigenvalue weighted by Gasteiger charge is 2.50. The van der Waals surface area contributed by atoms with Crippen molar-refractivity contribution in [2.75, 3.05) is 11.5 Å².